The van der Waals surface area contributed by atoms with E-state index in [4.69, 9.17) is 4.74 Å². The van der Waals surface area contributed by atoms with E-state index >= 15 is 0 Å². The van der Waals surface area contributed by atoms with Crippen molar-refractivity contribution in [3.8, 4) is 0 Å². The highest BCUT2D eigenvalue weighted by Gasteiger charge is 1.99. The van der Waals surface area contributed by atoms with E-state index < -0.39 is 0 Å². The summed E-state index contributed by atoms with van der Waals surface area (Å²) in [5.41, 5.74) is 0. The van der Waals surface area contributed by atoms with Crippen LogP contribution in [0.4, 0.5) is 0 Å². The predicted molar refractivity (Wildman–Crippen MR) is 66.1 cm³/mol. The molecular weight excluding hydrogens is 194 g/mol. The van der Waals surface area contributed by atoms with Crippen molar-refractivity contribution in [1.29, 1.82) is 0 Å². The molecule has 0 radical (unpaired) electrons. The van der Waals surface area contributed by atoms with Gasteiger partial charge in [-0.3, -0.25) is 0 Å². The van der Waals surface area contributed by atoms with Gasteiger partial charge in [0.25, 0.3) is 0 Å². The highest BCUT2D eigenvalue weighted by Crippen LogP contribution is 2.01. The number of methoxy groups -OCH3 is 1. The highest BCUT2D eigenvalue weighted by molar-refractivity contribution is 7.98. The lowest BCUT2D eigenvalue weighted by molar-refractivity contribution is 0.158. The molecule has 1 unspecified atom stereocenters. The molecule has 1 N–H and O–H groups in total. The Hall–Kier alpha value is 0.270. The summed E-state index contributed by atoms with van der Waals surface area (Å²) in [5.74, 6) is 1.94. The predicted octanol–water partition coefficient (Wildman–Crippen LogP) is 2.39. The first-order valence-corrected chi connectivity index (χ1v) is 6.89. The van der Waals surface area contributed by atoms with E-state index in [2.05, 4.69) is 18.5 Å². The second kappa shape index (κ2) is 11.3. The van der Waals surface area contributed by atoms with E-state index in [-0.39, 0.29) is 0 Å². The molecule has 0 aliphatic rings. The SMILES string of the molecule is COCC(C)CNCCCCCSC. The number of hydrogen-bond donors (Lipinski definition) is 1. The van der Waals surface area contributed by atoms with Gasteiger partial charge in [-0.25, -0.2) is 0 Å². The average molecular weight is 219 g/mol. The lowest BCUT2D eigenvalue weighted by Crippen LogP contribution is -2.24. The Morgan fingerprint density at radius 1 is 1.29 bits per heavy atom. The molecule has 0 rings (SSSR count). The van der Waals surface area contributed by atoms with Crippen LogP contribution >= 0.6 is 11.8 Å². The number of hydrogen-bond acceptors (Lipinski definition) is 3. The van der Waals surface area contributed by atoms with E-state index in [0.717, 1.165) is 19.7 Å². The van der Waals surface area contributed by atoms with Gasteiger partial charge in [0.15, 0.2) is 0 Å². The fourth-order valence-corrected chi connectivity index (χ4v) is 1.86. The van der Waals surface area contributed by atoms with Crippen LogP contribution in [-0.2, 0) is 4.74 Å². The second-order valence-corrected chi connectivity index (χ2v) is 4.80. The van der Waals surface area contributed by atoms with E-state index in [9.17, 15) is 0 Å². The van der Waals surface area contributed by atoms with Crippen LogP contribution in [0.3, 0.4) is 0 Å². The summed E-state index contributed by atoms with van der Waals surface area (Å²) in [6, 6.07) is 0. The molecule has 0 heterocycles. The normalized spacial score (nSPS) is 13.1. The molecule has 0 amide bonds. The number of rotatable bonds is 10. The number of ether oxygens (including phenoxy) is 1. The topological polar surface area (TPSA) is 21.3 Å². The largest absolute Gasteiger partial charge is 0.384 e. The average Bonchev–Trinajstić information content (AvgIpc) is 2.17. The molecule has 0 spiro atoms. The molecule has 86 valence electrons. The van der Waals surface area contributed by atoms with Gasteiger partial charge in [0, 0.05) is 13.7 Å². The molecule has 3 heteroatoms. The number of thioether (sulfide) groups is 1. The smallest absolute Gasteiger partial charge is 0.0499 e. The Kier molecular flexibility index (Phi) is 11.6. The van der Waals surface area contributed by atoms with Crippen LogP contribution in [0.5, 0.6) is 0 Å². The Morgan fingerprint density at radius 2 is 2.07 bits per heavy atom. The monoisotopic (exact) mass is 219 g/mol. The molecule has 1 atom stereocenters. The van der Waals surface area contributed by atoms with Gasteiger partial charge < -0.3 is 10.1 Å². The molecule has 0 fully saturated rings. The second-order valence-electron chi connectivity index (χ2n) is 3.82. The Labute approximate surface area is 93.2 Å². The van der Waals surface area contributed by atoms with Crippen LogP contribution in [-0.4, -0.2) is 38.8 Å². The summed E-state index contributed by atoms with van der Waals surface area (Å²) in [6.07, 6.45) is 6.19. The minimum Gasteiger partial charge on any atom is -0.384 e. The van der Waals surface area contributed by atoms with Gasteiger partial charge in [-0.1, -0.05) is 13.3 Å². The maximum atomic E-state index is 5.07. The zero-order valence-corrected chi connectivity index (χ0v) is 10.7. The van der Waals surface area contributed by atoms with Crippen LogP contribution in [0.1, 0.15) is 26.2 Å². The molecule has 0 aromatic heterocycles. The molecule has 0 saturated heterocycles. The van der Waals surface area contributed by atoms with E-state index in [1.54, 1.807) is 7.11 Å². The summed E-state index contributed by atoms with van der Waals surface area (Å²) in [6.45, 7) is 5.31. The van der Waals surface area contributed by atoms with Crippen molar-refractivity contribution < 1.29 is 4.74 Å². The zero-order valence-electron chi connectivity index (χ0n) is 9.84. The van der Waals surface area contributed by atoms with Crippen molar-refractivity contribution in [2.45, 2.75) is 26.2 Å². The molecule has 0 aliphatic carbocycles. The maximum absolute atomic E-state index is 5.07. The first-order chi connectivity index (χ1) is 6.81. The van der Waals surface area contributed by atoms with Gasteiger partial charge in [-0.2, -0.15) is 11.8 Å². The van der Waals surface area contributed by atoms with Crippen molar-refractivity contribution >= 4 is 11.8 Å². The van der Waals surface area contributed by atoms with Crippen molar-refractivity contribution in [1.82, 2.24) is 5.32 Å². The summed E-state index contributed by atoms with van der Waals surface area (Å²) in [7, 11) is 1.76. The molecule has 2 nitrogen and oxygen atoms in total. The van der Waals surface area contributed by atoms with Crippen LogP contribution in [0.2, 0.25) is 0 Å². The van der Waals surface area contributed by atoms with Crippen LogP contribution < -0.4 is 5.32 Å². The summed E-state index contributed by atoms with van der Waals surface area (Å²) < 4.78 is 5.07. The summed E-state index contributed by atoms with van der Waals surface area (Å²) in [4.78, 5) is 0. The van der Waals surface area contributed by atoms with Crippen molar-refractivity contribution in [2.75, 3.05) is 38.8 Å². The van der Waals surface area contributed by atoms with Crippen LogP contribution in [0, 0.1) is 5.92 Å². The molecule has 0 aromatic rings. The molecule has 0 saturated carbocycles. The van der Waals surface area contributed by atoms with Crippen LogP contribution in [0.15, 0.2) is 0 Å². The quantitative estimate of drug-likeness (QED) is 0.570. The molecule has 0 aliphatic heterocycles. The summed E-state index contributed by atoms with van der Waals surface area (Å²) in [5, 5.41) is 3.46. The molecular formula is C11H25NOS. The number of unbranched alkanes of at least 4 members (excludes halogenated alkanes) is 2. The van der Waals surface area contributed by atoms with E-state index in [0.29, 0.717) is 5.92 Å². The maximum Gasteiger partial charge on any atom is 0.0499 e. The third-order valence-corrected chi connectivity index (χ3v) is 2.84. The molecule has 0 aromatic carbocycles. The highest BCUT2D eigenvalue weighted by atomic mass is 32.2. The minimum absolute atomic E-state index is 0.631. The van der Waals surface area contributed by atoms with Gasteiger partial charge in [-0.15, -0.1) is 0 Å². The Balaban J connectivity index is 2.98. The van der Waals surface area contributed by atoms with Gasteiger partial charge in [0.2, 0.25) is 0 Å². The van der Waals surface area contributed by atoms with E-state index in [1.165, 1.54) is 25.0 Å². The zero-order chi connectivity index (χ0) is 10.6. The fourth-order valence-electron chi connectivity index (χ4n) is 1.37. The third kappa shape index (κ3) is 10.4. The first-order valence-electron chi connectivity index (χ1n) is 5.49. The van der Waals surface area contributed by atoms with Crippen molar-refractivity contribution in [2.24, 2.45) is 5.92 Å². The third-order valence-electron chi connectivity index (χ3n) is 2.15. The van der Waals surface area contributed by atoms with Gasteiger partial charge in [0.1, 0.15) is 0 Å². The van der Waals surface area contributed by atoms with Gasteiger partial charge >= 0.3 is 0 Å². The Bertz CT molecular complexity index is 111. The lowest BCUT2D eigenvalue weighted by atomic mass is 10.2. The van der Waals surface area contributed by atoms with Gasteiger partial charge in [-0.05, 0) is 43.9 Å². The van der Waals surface area contributed by atoms with Crippen LogP contribution in [0.25, 0.3) is 0 Å². The summed E-state index contributed by atoms with van der Waals surface area (Å²) >= 11 is 1.94. The van der Waals surface area contributed by atoms with Crippen molar-refractivity contribution in [3.05, 3.63) is 0 Å². The Morgan fingerprint density at radius 3 is 2.71 bits per heavy atom. The number of nitrogens with one attached hydrogen (secondary N) is 1. The first kappa shape index (κ1) is 14.3. The minimum atomic E-state index is 0.631. The fraction of sp³-hybridized carbons (Fsp3) is 1.00. The van der Waals surface area contributed by atoms with E-state index in [1.807, 2.05) is 11.8 Å². The van der Waals surface area contributed by atoms with Gasteiger partial charge in [0.05, 0.1) is 0 Å². The molecule has 14 heavy (non-hydrogen) atoms. The molecule has 0 bridgehead atoms. The lowest BCUT2D eigenvalue weighted by Gasteiger charge is -2.10. The van der Waals surface area contributed by atoms with Crippen molar-refractivity contribution in [3.63, 3.8) is 0 Å². The standard InChI is InChI=1S/C11H25NOS/c1-11(10-13-2)9-12-7-5-4-6-8-14-3/h11-12H,4-10H2,1-3H3.